The van der Waals surface area contributed by atoms with Crippen molar-refractivity contribution in [1.82, 2.24) is 15.0 Å². The number of nitrogens with zero attached hydrogens (tertiary/aromatic N) is 2. The molecule has 2 aromatic carbocycles. The van der Waals surface area contributed by atoms with Crippen LogP contribution in [0, 0.1) is 11.6 Å². The van der Waals surface area contributed by atoms with E-state index in [9.17, 15) is 13.6 Å². The lowest BCUT2D eigenvalue weighted by atomic mass is 9.99. The number of anilines is 3. The van der Waals surface area contributed by atoms with Crippen molar-refractivity contribution in [2.24, 2.45) is 0 Å². The normalized spacial score (nSPS) is 14.1. The fourth-order valence-electron chi connectivity index (χ4n) is 3.87. The third-order valence-electron chi connectivity index (χ3n) is 5.30. The van der Waals surface area contributed by atoms with Gasteiger partial charge in [-0.2, -0.15) is 0 Å². The van der Waals surface area contributed by atoms with Gasteiger partial charge in [0, 0.05) is 18.2 Å². The van der Waals surface area contributed by atoms with Crippen LogP contribution in [0.1, 0.15) is 29.8 Å². The fraction of sp³-hybridized carbons (Fsp3) is 0.174. The van der Waals surface area contributed by atoms with Crippen LogP contribution in [0.5, 0.6) is 5.75 Å². The number of nitrogens with one attached hydrogen (secondary N) is 3. The lowest BCUT2D eigenvalue weighted by Crippen LogP contribution is -2.25. The summed E-state index contributed by atoms with van der Waals surface area (Å²) in [6.45, 7) is 3.77. The first-order valence-corrected chi connectivity index (χ1v) is 10.9. The number of amides is 1. The molecule has 2 aromatic heterocycles. The molecule has 0 saturated carbocycles. The van der Waals surface area contributed by atoms with Crippen LogP contribution in [0.15, 0.2) is 36.5 Å². The smallest absolute Gasteiger partial charge is 0.260 e. The van der Waals surface area contributed by atoms with E-state index in [-0.39, 0.29) is 33.1 Å². The van der Waals surface area contributed by atoms with E-state index in [1.807, 2.05) is 13.8 Å². The number of carbonyl (C=O) groups excluding carboxylic acids is 1. The van der Waals surface area contributed by atoms with E-state index < -0.39 is 23.1 Å². The molecule has 1 aliphatic rings. The molecule has 4 aromatic rings. The topological polar surface area (TPSA) is 91.9 Å². The summed E-state index contributed by atoms with van der Waals surface area (Å²) in [5.41, 5.74) is 1.41. The number of aromatic amines is 1. The molecule has 1 aliphatic heterocycles. The predicted molar refractivity (Wildman–Crippen MR) is 126 cm³/mol. The van der Waals surface area contributed by atoms with Crippen molar-refractivity contribution >= 4 is 57.6 Å². The molecule has 0 fully saturated rings. The molecule has 7 nitrogen and oxygen atoms in total. The minimum absolute atomic E-state index is 0.0682. The van der Waals surface area contributed by atoms with E-state index in [1.54, 1.807) is 6.07 Å². The van der Waals surface area contributed by atoms with Crippen LogP contribution in [-0.4, -0.2) is 26.5 Å². The summed E-state index contributed by atoms with van der Waals surface area (Å²) in [5, 5.41) is 5.60. The summed E-state index contributed by atoms with van der Waals surface area (Å²) in [6, 6.07) is 6.89. The third-order valence-corrected chi connectivity index (χ3v) is 5.83. The van der Waals surface area contributed by atoms with Crippen LogP contribution in [0.2, 0.25) is 10.0 Å². The molecule has 5 rings (SSSR count). The van der Waals surface area contributed by atoms with E-state index in [1.165, 1.54) is 24.4 Å². The zero-order chi connectivity index (χ0) is 24.2. The van der Waals surface area contributed by atoms with E-state index >= 15 is 0 Å². The molecule has 3 N–H and O–H groups in total. The second-order valence-electron chi connectivity index (χ2n) is 8.41. The quantitative estimate of drug-likeness (QED) is 0.306. The van der Waals surface area contributed by atoms with Crippen LogP contribution in [0.25, 0.3) is 11.0 Å². The molecule has 34 heavy (non-hydrogen) atoms. The lowest BCUT2D eigenvalue weighted by Gasteiger charge is -2.18. The van der Waals surface area contributed by atoms with Gasteiger partial charge in [-0.15, -0.1) is 0 Å². The molecule has 174 valence electrons. The number of para-hydroxylation sites is 1. The Morgan fingerprint density at radius 1 is 1.21 bits per heavy atom. The van der Waals surface area contributed by atoms with E-state index in [0.29, 0.717) is 23.2 Å². The molecule has 0 bridgehead atoms. The molecule has 0 saturated heterocycles. The highest BCUT2D eigenvalue weighted by atomic mass is 35.5. The maximum atomic E-state index is 14.2. The Bertz CT molecular complexity index is 1450. The van der Waals surface area contributed by atoms with E-state index in [4.69, 9.17) is 27.9 Å². The number of benzene rings is 2. The first-order valence-electron chi connectivity index (χ1n) is 10.2. The molecule has 0 unspecified atom stereocenters. The second-order valence-corrected chi connectivity index (χ2v) is 9.25. The molecule has 0 radical (unpaired) electrons. The highest BCUT2D eigenvalue weighted by Gasteiger charge is 2.36. The van der Waals surface area contributed by atoms with Gasteiger partial charge in [0.15, 0.2) is 11.6 Å². The Hall–Kier alpha value is -3.43. The van der Waals surface area contributed by atoms with Gasteiger partial charge in [0.2, 0.25) is 5.95 Å². The molecular weight excluding hydrogens is 487 g/mol. The van der Waals surface area contributed by atoms with Gasteiger partial charge in [-0.25, -0.2) is 18.7 Å². The molecular formula is C23H17Cl2F2N5O2. The van der Waals surface area contributed by atoms with Crippen molar-refractivity contribution in [2.75, 3.05) is 10.6 Å². The minimum Gasteiger partial charge on any atom is -0.486 e. The Labute approximate surface area is 202 Å². The van der Waals surface area contributed by atoms with Gasteiger partial charge in [-0.05, 0) is 38.1 Å². The molecule has 0 spiro atoms. The summed E-state index contributed by atoms with van der Waals surface area (Å²) < 4.78 is 34.5. The SMILES string of the molecule is CC1(C)Cc2c(c(C(=O)Nc3ncc(Cl)cc3F)cc3nc(Nc4c(F)cccc4Cl)[nH]c23)O1. The maximum Gasteiger partial charge on any atom is 0.260 e. The minimum atomic E-state index is -0.771. The van der Waals surface area contributed by atoms with Gasteiger partial charge in [0.1, 0.15) is 17.2 Å². The zero-order valence-electron chi connectivity index (χ0n) is 17.9. The van der Waals surface area contributed by atoms with Gasteiger partial charge in [0.25, 0.3) is 5.91 Å². The van der Waals surface area contributed by atoms with Crippen LogP contribution in [-0.2, 0) is 6.42 Å². The van der Waals surface area contributed by atoms with Crippen molar-refractivity contribution < 1.29 is 18.3 Å². The standard InChI is InChI=1S/C23H17Cl2F2N5O2/c1-23(2)8-12-17-16(29-22(30-17)31-18-13(25)4-3-5-14(18)26)7-11(19(12)34-23)21(33)32-20-15(27)6-10(24)9-28-20/h3-7,9H,8H2,1-2H3,(H,28,32,33)(H2,29,30,31). The lowest BCUT2D eigenvalue weighted by molar-refractivity contribution is 0.101. The summed E-state index contributed by atoms with van der Waals surface area (Å²) in [7, 11) is 0. The van der Waals surface area contributed by atoms with Gasteiger partial charge in [-0.3, -0.25) is 4.79 Å². The van der Waals surface area contributed by atoms with Crippen LogP contribution in [0.4, 0.5) is 26.2 Å². The number of aromatic nitrogens is 3. The number of carbonyl (C=O) groups is 1. The number of H-pyrrole nitrogens is 1. The molecule has 0 atom stereocenters. The van der Waals surface area contributed by atoms with Crippen molar-refractivity contribution in [3.05, 3.63) is 69.3 Å². The first-order chi connectivity index (χ1) is 16.1. The fourth-order valence-corrected chi connectivity index (χ4v) is 4.22. The average Bonchev–Trinajstić information content (AvgIpc) is 3.31. The first kappa shape index (κ1) is 22.4. The third kappa shape index (κ3) is 4.01. The Kier molecular flexibility index (Phi) is 5.33. The van der Waals surface area contributed by atoms with Crippen molar-refractivity contribution in [3.8, 4) is 5.75 Å². The zero-order valence-corrected chi connectivity index (χ0v) is 19.4. The maximum absolute atomic E-state index is 14.2. The number of pyridine rings is 1. The second kappa shape index (κ2) is 8.11. The van der Waals surface area contributed by atoms with E-state index in [0.717, 1.165) is 11.6 Å². The molecule has 3 heterocycles. The number of rotatable bonds is 4. The number of imidazole rings is 1. The van der Waals surface area contributed by atoms with Gasteiger partial charge < -0.3 is 20.4 Å². The Morgan fingerprint density at radius 3 is 2.74 bits per heavy atom. The Morgan fingerprint density at radius 2 is 2.00 bits per heavy atom. The largest absolute Gasteiger partial charge is 0.486 e. The molecule has 11 heteroatoms. The van der Waals surface area contributed by atoms with Crippen LogP contribution < -0.4 is 15.4 Å². The predicted octanol–water partition coefficient (Wildman–Crippen LogP) is 6.25. The van der Waals surface area contributed by atoms with E-state index in [2.05, 4.69) is 25.6 Å². The highest BCUT2D eigenvalue weighted by molar-refractivity contribution is 6.33. The molecule has 1 amide bonds. The van der Waals surface area contributed by atoms with Crippen molar-refractivity contribution in [2.45, 2.75) is 25.9 Å². The van der Waals surface area contributed by atoms with Crippen LogP contribution >= 0.6 is 23.2 Å². The molecule has 0 aliphatic carbocycles. The monoisotopic (exact) mass is 503 g/mol. The number of hydrogen-bond acceptors (Lipinski definition) is 5. The van der Waals surface area contributed by atoms with Gasteiger partial charge >= 0.3 is 0 Å². The summed E-state index contributed by atoms with van der Waals surface area (Å²) in [6.07, 6.45) is 1.71. The summed E-state index contributed by atoms with van der Waals surface area (Å²) >= 11 is 11.9. The number of fused-ring (bicyclic) bond motifs is 3. The van der Waals surface area contributed by atoms with Gasteiger partial charge in [-0.1, -0.05) is 29.3 Å². The highest BCUT2D eigenvalue weighted by Crippen LogP contribution is 2.42. The van der Waals surface area contributed by atoms with Crippen molar-refractivity contribution in [1.29, 1.82) is 0 Å². The number of ether oxygens (including phenoxy) is 1. The Balaban J connectivity index is 1.57. The number of halogens is 4. The summed E-state index contributed by atoms with van der Waals surface area (Å²) in [4.78, 5) is 24.5. The number of hydrogen-bond donors (Lipinski definition) is 3. The van der Waals surface area contributed by atoms with Gasteiger partial charge in [0.05, 0.1) is 32.3 Å². The average molecular weight is 504 g/mol. The van der Waals surface area contributed by atoms with Crippen LogP contribution in [0.3, 0.4) is 0 Å². The van der Waals surface area contributed by atoms with Crippen molar-refractivity contribution in [3.63, 3.8) is 0 Å². The summed E-state index contributed by atoms with van der Waals surface area (Å²) in [5.74, 6) is -1.62.